The van der Waals surface area contributed by atoms with Crippen LogP contribution in [0.15, 0.2) is 24.3 Å². The third-order valence-corrected chi connectivity index (χ3v) is 3.68. The maximum Gasteiger partial charge on any atom is 0.339 e. The van der Waals surface area contributed by atoms with Crippen molar-refractivity contribution in [2.75, 3.05) is 7.11 Å². The van der Waals surface area contributed by atoms with Gasteiger partial charge in [-0.25, -0.2) is 4.79 Å². The van der Waals surface area contributed by atoms with Crippen molar-refractivity contribution in [3.8, 4) is 0 Å². The predicted molar refractivity (Wildman–Crippen MR) is 62.5 cm³/mol. The van der Waals surface area contributed by atoms with E-state index in [0.717, 1.165) is 16.5 Å². The fourth-order valence-corrected chi connectivity index (χ4v) is 2.66. The van der Waals surface area contributed by atoms with Crippen LogP contribution in [0.3, 0.4) is 0 Å². The third-order valence-electron chi connectivity index (χ3n) is 2.35. The fraction of sp³-hybridized carbons (Fsp3) is 0.250. The second-order valence-corrected chi connectivity index (χ2v) is 4.42. The van der Waals surface area contributed by atoms with E-state index in [9.17, 15) is 4.79 Å². The lowest BCUT2D eigenvalue weighted by Crippen LogP contribution is -2.00. The van der Waals surface area contributed by atoms with E-state index in [0.29, 0.717) is 5.56 Å². The second-order valence-electron chi connectivity index (χ2n) is 3.28. The Morgan fingerprint density at radius 1 is 1.47 bits per heavy atom. The van der Waals surface area contributed by atoms with E-state index in [1.54, 1.807) is 11.3 Å². The van der Waals surface area contributed by atoms with Gasteiger partial charge in [-0.05, 0) is 23.9 Å². The predicted octanol–water partition coefficient (Wildman–Crippen LogP) is 3.25. The van der Waals surface area contributed by atoms with Gasteiger partial charge in [-0.1, -0.05) is 19.1 Å². The van der Waals surface area contributed by atoms with Crippen molar-refractivity contribution in [1.29, 1.82) is 0 Å². The molecule has 78 valence electrons. The molecule has 2 nitrogen and oxygen atoms in total. The minimum Gasteiger partial charge on any atom is -0.465 e. The first kappa shape index (κ1) is 10.2. The Morgan fingerprint density at radius 2 is 2.27 bits per heavy atom. The van der Waals surface area contributed by atoms with Gasteiger partial charge in [0.05, 0.1) is 12.7 Å². The lowest BCUT2D eigenvalue weighted by molar-refractivity contribution is 0.0603. The Bertz CT molecular complexity index is 499. The maximum atomic E-state index is 11.5. The van der Waals surface area contributed by atoms with E-state index in [-0.39, 0.29) is 5.97 Å². The molecule has 0 radical (unpaired) electrons. The standard InChI is InChI=1S/C12H12O2S/c1-3-9-7-8-5-4-6-10(11(8)15-9)12(13)14-2/h4-7H,3H2,1-2H3. The van der Waals surface area contributed by atoms with Crippen LogP contribution in [0.5, 0.6) is 0 Å². The van der Waals surface area contributed by atoms with Crippen LogP contribution in [0, 0.1) is 0 Å². The van der Waals surface area contributed by atoms with E-state index < -0.39 is 0 Å². The number of ether oxygens (including phenoxy) is 1. The van der Waals surface area contributed by atoms with Crippen molar-refractivity contribution in [2.24, 2.45) is 0 Å². The van der Waals surface area contributed by atoms with Crippen molar-refractivity contribution >= 4 is 27.4 Å². The number of aryl methyl sites for hydroxylation is 1. The van der Waals surface area contributed by atoms with Crippen LogP contribution >= 0.6 is 11.3 Å². The van der Waals surface area contributed by atoms with Gasteiger partial charge in [-0.2, -0.15) is 0 Å². The smallest absolute Gasteiger partial charge is 0.339 e. The molecule has 0 amide bonds. The Balaban J connectivity index is 2.64. The number of fused-ring (bicyclic) bond motifs is 1. The van der Waals surface area contributed by atoms with Crippen LogP contribution in [0.4, 0.5) is 0 Å². The molecule has 1 aromatic carbocycles. The van der Waals surface area contributed by atoms with Gasteiger partial charge < -0.3 is 4.74 Å². The highest BCUT2D eigenvalue weighted by molar-refractivity contribution is 7.19. The quantitative estimate of drug-likeness (QED) is 0.726. The first-order chi connectivity index (χ1) is 7.26. The summed E-state index contributed by atoms with van der Waals surface area (Å²) in [5.74, 6) is -0.259. The number of rotatable bonds is 2. The van der Waals surface area contributed by atoms with Crippen LogP contribution in [0.1, 0.15) is 22.2 Å². The molecule has 0 unspecified atom stereocenters. The zero-order chi connectivity index (χ0) is 10.8. The van der Waals surface area contributed by atoms with Gasteiger partial charge in [0, 0.05) is 9.58 Å². The van der Waals surface area contributed by atoms with Gasteiger partial charge in [0.2, 0.25) is 0 Å². The van der Waals surface area contributed by atoms with Gasteiger partial charge in [-0.15, -0.1) is 11.3 Å². The molecule has 0 aliphatic rings. The topological polar surface area (TPSA) is 26.3 Å². The second kappa shape index (κ2) is 4.03. The number of hydrogen-bond acceptors (Lipinski definition) is 3. The van der Waals surface area contributed by atoms with Gasteiger partial charge >= 0.3 is 5.97 Å². The Labute approximate surface area is 92.5 Å². The number of methoxy groups -OCH3 is 1. The lowest BCUT2D eigenvalue weighted by atomic mass is 10.1. The molecule has 0 saturated carbocycles. The molecule has 2 aromatic rings. The summed E-state index contributed by atoms with van der Waals surface area (Å²) in [7, 11) is 1.41. The number of esters is 1. The zero-order valence-electron chi connectivity index (χ0n) is 8.74. The molecule has 0 aliphatic heterocycles. The van der Waals surface area contributed by atoms with E-state index in [4.69, 9.17) is 4.74 Å². The first-order valence-electron chi connectivity index (χ1n) is 4.86. The number of carbonyl (C=O) groups is 1. The summed E-state index contributed by atoms with van der Waals surface area (Å²) in [5, 5.41) is 1.12. The van der Waals surface area contributed by atoms with Gasteiger partial charge in [0.15, 0.2) is 0 Å². The van der Waals surface area contributed by atoms with Crippen molar-refractivity contribution in [2.45, 2.75) is 13.3 Å². The minimum absolute atomic E-state index is 0.259. The zero-order valence-corrected chi connectivity index (χ0v) is 9.56. The van der Waals surface area contributed by atoms with Gasteiger partial charge in [0.25, 0.3) is 0 Å². The molecule has 2 rings (SSSR count). The molecule has 0 N–H and O–H groups in total. The molecule has 0 fully saturated rings. The van der Waals surface area contributed by atoms with Gasteiger partial charge in [-0.3, -0.25) is 0 Å². The summed E-state index contributed by atoms with van der Waals surface area (Å²) in [5.41, 5.74) is 0.666. The molecular formula is C12H12O2S. The summed E-state index contributed by atoms with van der Waals surface area (Å²) in [6.45, 7) is 2.11. The normalized spacial score (nSPS) is 10.5. The molecule has 0 saturated heterocycles. The third kappa shape index (κ3) is 1.75. The van der Waals surface area contributed by atoms with E-state index in [1.165, 1.54) is 12.0 Å². The number of hydrogen-bond donors (Lipinski definition) is 0. The number of benzene rings is 1. The van der Waals surface area contributed by atoms with E-state index in [1.807, 2.05) is 18.2 Å². The summed E-state index contributed by atoms with van der Waals surface area (Å²) in [6, 6.07) is 7.86. The van der Waals surface area contributed by atoms with E-state index in [2.05, 4.69) is 13.0 Å². The molecule has 1 aromatic heterocycles. The number of thiophene rings is 1. The molecule has 3 heteroatoms. The van der Waals surface area contributed by atoms with Crippen molar-refractivity contribution in [3.05, 3.63) is 34.7 Å². The van der Waals surface area contributed by atoms with Gasteiger partial charge in [0.1, 0.15) is 0 Å². The van der Waals surface area contributed by atoms with Crippen LogP contribution in [0.2, 0.25) is 0 Å². The summed E-state index contributed by atoms with van der Waals surface area (Å²) >= 11 is 1.67. The minimum atomic E-state index is -0.259. The van der Waals surface area contributed by atoms with E-state index >= 15 is 0 Å². The van der Waals surface area contributed by atoms with Crippen LogP contribution in [0.25, 0.3) is 10.1 Å². The van der Waals surface area contributed by atoms with Crippen LogP contribution < -0.4 is 0 Å². The maximum absolute atomic E-state index is 11.5. The highest BCUT2D eigenvalue weighted by Crippen LogP contribution is 2.29. The van der Waals surface area contributed by atoms with Crippen molar-refractivity contribution < 1.29 is 9.53 Å². The average molecular weight is 220 g/mol. The molecule has 15 heavy (non-hydrogen) atoms. The molecule has 0 bridgehead atoms. The highest BCUT2D eigenvalue weighted by atomic mass is 32.1. The Kier molecular flexibility index (Phi) is 2.73. The molecular weight excluding hydrogens is 208 g/mol. The molecule has 0 aliphatic carbocycles. The first-order valence-corrected chi connectivity index (χ1v) is 5.67. The van der Waals surface area contributed by atoms with Crippen molar-refractivity contribution in [3.63, 3.8) is 0 Å². The Hall–Kier alpha value is -1.35. The number of carbonyl (C=O) groups excluding carboxylic acids is 1. The highest BCUT2D eigenvalue weighted by Gasteiger charge is 2.11. The summed E-state index contributed by atoms with van der Waals surface area (Å²) < 4.78 is 5.78. The largest absolute Gasteiger partial charge is 0.465 e. The molecule has 0 spiro atoms. The summed E-state index contributed by atoms with van der Waals surface area (Å²) in [6.07, 6.45) is 1.000. The molecule has 0 atom stereocenters. The van der Waals surface area contributed by atoms with Crippen LogP contribution in [-0.4, -0.2) is 13.1 Å². The van der Waals surface area contributed by atoms with Crippen molar-refractivity contribution in [1.82, 2.24) is 0 Å². The SMILES string of the molecule is CCc1cc2cccc(C(=O)OC)c2s1. The Morgan fingerprint density at radius 3 is 2.93 bits per heavy atom. The fourth-order valence-electron chi connectivity index (χ4n) is 1.56. The lowest BCUT2D eigenvalue weighted by Gasteiger charge is -1.99. The molecule has 1 heterocycles. The monoisotopic (exact) mass is 220 g/mol. The summed E-state index contributed by atoms with van der Waals surface area (Å²) in [4.78, 5) is 12.8. The van der Waals surface area contributed by atoms with Crippen LogP contribution in [-0.2, 0) is 11.2 Å². The average Bonchev–Trinajstić information content (AvgIpc) is 2.70.